The minimum atomic E-state index is -0.195. The van der Waals surface area contributed by atoms with Gasteiger partial charge in [-0.05, 0) is 44.7 Å². The van der Waals surface area contributed by atoms with Gasteiger partial charge < -0.3 is 5.32 Å². The maximum absolute atomic E-state index is 12.4. The van der Waals surface area contributed by atoms with Gasteiger partial charge in [-0.3, -0.25) is 9.36 Å². The number of thioether (sulfide) groups is 1. The number of hydrogen-bond donors (Lipinski definition) is 1. The fourth-order valence-corrected chi connectivity index (χ4v) is 4.58. The van der Waals surface area contributed by atoms with Gasteiger partial charge in [0.05, 0.1) is 10.3 Å². The smallest absolute Gasteiger partial charge is 0.233 e. The van der Waals surface area contributed by atoms with E-state index in [-0.39, 0.29) is 11.2 Å². The van der Waals surface area contributed by atoms with Gasteiger partial charge in [0.2, 0.25) is 5.91 Å². The van der Waals surface area contributed by atoms with Gasteiger partial charge in [0, 0.05) is 17.6 Å². The summed E-state index contributed by atoms with van der Waals surface area (Å²) in [5.41, 5.74) is 0.899. The number of aromatic nitrogens is 3. The van der Waals surface area contributed by atoms with Crippen molar-refractivity contribution in [2.24, 2.45) is 0 Å². The number of nitrogens with zero attached hydrogens (tertiary/aromatic N) is 3. The topological polar surface area (TPSA) is 59.8 Å². The molecule has 2 fully saturated rings. The Balaban J connectivity index is 1.63. The molecule has 7 heteroatoms. The van der Waals surface area contributed by atoms with Crippen LogP contribution in [0.3, 0.4) is 0 Å². The zero-order valence-electron chi connectivity index (χ0n) is 14.8. The van der Waals surface area contributed by atoms with Crippen LogP contribution in [0, 0.1) is 0 Å². The molecule has 0 radical (unpaired) electrons. The van der Waals surface area contributed by atoms with Crippen LogP contribution in [0.1, 0.15) is 51.5 Å². The average Bonchev–Trinajstić information content (AvgIpc) is 3.12. The normalized spacial score (nSPS) is 18.8. The second-order valence-corrected chi connectivity index (χ2v) is 8.85. The van der Waals surface area contributed by atoms with Crippen LogP contribution in [0.4, 0.5) is 0 Å². The number of carbonyl (C=O) groups is 1. The van der Waals surface area contributed by atoms with Crippen molar-refractivity contribution in [1.82, 2.24) is 20.1 Å². The van der Waals surface area contributed by atoms with Crippen molar-refractivity contribution in [3.63, 3.8) is 0 Å². The van der Waals surface area contributed by atoms with E-state index in [2.05, 4.69) is 20.1 Å². The molecular formula is C19H23ClN4OS. The van der Waals surface area contributed by atoms with Gasteiger partial charge in [-0.25, -0.2) is 0 Å². The Labute approximate surface area is 162 Å². The van der Waals surface area contributed by atoms with Crippen LogP contribution < -0.4 is 5.32 Å². The molecule has 1 atom stereocenters. The van der Waals surface area contributed by atoms with E-state index in [4.69, 9.17) is 11.6 Å². The van der Waals surface area contributed by atoms with Crippen LogP contribution >= 0.6 is 23.4 Å². The van der Waals surface area contributed by atoms with Crippen LogP contribution in [-0.2, 0) is 4.79 Å². The third kappa shape index (κ3) is 3.76. The maximum atomic E-state index is 12.4. The molecule has 1 aromatic heterocycles. The zero-order chi connectivity index (χ0) is 18.1. The summed E-state index contributed by atoms with van der Waals surface area (Å²) in [6.45, 7) is 1.94. The summed E-state index contributed by atoms with van der Waals surface area (Å²) >= 11 is 7.91. The van der Waals surface area contributed by atoms with E-state index in [0.29, 0.717) is 17.1 Å². The number of rotatable bonds is 6. The largest absolute Gasteiger partial charge is 0.352 e. The Morgan fingerprint density at radius 3 is 2.65 bits per heavy atom. The predicted octanol–water partition coefficient (Wildman–Crippen LogP) is 4.47. The number of hydrogen-bond acceptors (Lipinski definition) is 4. The Morgan fingerprint density at radius 2 is 1.96 bits per heavy atom. The van der Waals surface area contributed by atoms with Gasteiger partial charge in [-0.15, -0.1) is 10.2 Å². The van der Waals surface area contributed by atoms with Gasteiger partial charge in [0.15, 0.2) is 11.0 Å². The van der Waals surface area contributed by atoms with Gasteiger partial charge in [0.1, 0.15) is 0 Å². The van der Waals surface area contributed by atoms with Crippen molar-refractivity contribution >= 4 is 29.3 Å². The SMILES string of the molecule is CC(Sc1nnc(-c2ccccc2Cl)n1C1CCCC1)C(=O)NC1CC1. The molecule has 5 nitrogen and oxygen atoms in total. The summed E-state index contributed by atoms with van der Waals surface area (Å²) in [4.78, 5) is 12.4. The first-order valence-electron chi connectivity index (χ1n) is 9.30. The van der Waals surface area contributed by atoms with E-state index < -0.39 is 0 Å². The van der Waals surface area contributed by atoms with E-state index in [9.17, 15) is 4.79 Å². The highest BCUT2D eigenvalue weighted by molar-refractivity contribution is 8.00. The molecule has 4 rings (SSSR count). The minimum Gasteiger partial charge on any atom is -0.352 e. The number of benzene rings is 1. The number of amides is 1. The molecule has 1 amide bonds. The molecule has 2 aliphatic rings. The van der Waals surface area contributed by atoms with Crippen molar-refractivity contribution in [3.05, 3.63) is 29.3 Å². The fraction of sp³-hybridized carbons (Fsp3) is 0.526. The van der Waals surface area contributed by atoms with Gasteiger partial charge >= 0.3 is 0 Å². The lowest BCUT2D eigenvalue weighted by molar-refractivity contribution is -0.120. The summed E-state index contributed by atoms with van der Waals surface area (Å²) in [5, 5.41) is 13.2. The summed E-state index contributed by atoms with van der Waals surface area (Å²) in [7, 11) is 0. The quantitative estimate of drug-likeness (QED) is 0.739. The first-order chi connectivity index (χ1) is 12.6. The third-order valence-electron chi connectivity index (χ3n) is 5.04. The minimum absolute atomic E-state index is 0.0813. The summed E-state index contributed by atoms with van der Waals surface area (Å²) in [5.74, 6) is 0.887. The lowest BCUT2D eigenvalue weighted by atomic mass is 10.2. The van der Waals surface area contributed by atoms with Crippen LogP contribution in [0.15, 0.2) is 29.4 Å². The molecule has 1 heterocycles. The highest BCUT2D eigenvalue weighted by atomic mass is 35.5. The lowest BCUT2D eigenvalue weighted by Crippen LogP contribution is -2.32. The van der Waals surface area contributed by atoms with E-state index in [0.717, 1.165) is 42.2 Å². The molecule has 0 saturated heterocycles. The summed E-state index contributed by atoms with van der Waals surface area (Å²) < 4.78 is 2.21. The number of nitrogens with one attached hydrogen (secondary N) is 1. The fourth-order valence-electron chi connectivity index (χ4n) is 3.43. The van der Waals surface area contributed by atoms with Crippen molar-refractivity contribution in [3.8, 4) is 11.4 Å². The van der Waals surface area contributed by atoms with E-state index >= 15 is 0 Å². The van der Waals surface area contributed by atoms with Crippen molar-refractivity contribution in [1.29, 1.82) is 0 Å². The van der Waals surface area contributed by atoms with E-state index in [1.54, 1.807) is 0 Å². The summed E-state index contributed by atoms with van der Waals surface area (Å²) in [6.07, 6.45) is 6.85. The molecule has 0 aliphatic heterocycles. The van der Waals surface area contributed by atoms with Crippen molar-refractivity contribution < 1.29 is 4.79 Å². The van der Waals surface area contributed by atoms with Gasteiger partial charge in [-0.2, -0.15) is 0 Å². The molecule has 1 unspecified atom stereocenters. The molecular weight excluding hydrogens is 368 g/mol. The molecule has 0 spiro atoms. The monoisotopic (exact) mass is 390 g/mol. The van der Waals surface area contributed by atoms with Crippen LogP contribution in [0.2, 0.25) is 5.02 Å². The number of carbonyl (C=O) groups excluding carboxylic acids is 1. The Hall–Kier alpha value is -1.53. The average molecular weight is 391 g/mol. The standard InChI is InChI=1S/C19H23ClN4OS/c1-12(18(25)21-13-10-11-13)26-19-23-22-17(15-8-4-5-9-16(15)20)24(19)14-6-2-3-7-14/h4-5,8-9,12-14H,2-3,6-7,10-11H2,1H3,(H,21,25). The predicted molar refractivity (Wildman–Crippen MR) is 104 cm³/mol. The van der Waals surface area contributed by atoms with Gasteiger partial charge in [-0.1, -0.05) is 48.3 Å². The highest BCUT2D eigenvalue weighted by Gasteiger charge is 2.30. The maximum Gasteiger partial charge on any atom is 0.233 e. The van der Waals surface area contributed by atoms with Crippen LogP contribution in [0.5, 0.6) is 0 Å². The molecule has 2 aromatic rings. The molecule has 1 N–H and O–H groups in total. The first-order valence-corrected chi connectivity index (χ1v) is 10.6. The van der Waals surface area contributed by atoms with Crippen molar-refractivity contribution in [2.45, 2.75) is 67.9 Å². The van der Waals surface area contributed by atoms with Crippen LogP contribution in [-0.4, -0.2) is 32.0 Å². The number of halogens is 1. The summed E-state index contributed by atoms with van der Waals surface area (Å²) in [6, 6.07) is 8.49. The molecule has 2 aliphatic carbocycles. The lowest BCUT2D eigenvalue weighted by Gasteiger charge is -2.18. The van der Waals surface area contributed by atoms with E-state index in [1.165, 1.54) is 24.6 Å². The molecule has 138 valence electrons. The third-order valence-corrected chi connectivity index (χ3v) is 6.43. The Morgan fingerprint density at radius 1 is 1.23 bits per heavy atom. The van der Waals surface area contributed by atoms with Crippen LogP contribution in [0.25, 0.3) is 11.4 Å². The van der Waals surface area contributed by atoms with Gasteiger partial charge in [0.25, 0.3) is 0 Å². The molecule has 0 bridgehead atoms. The zero-order valence-corrected chi connectivity index (χ0v) is 16.4. The Kier molecular flexibility index (Phi) is 5.23. The molecule has 2 saturated carbocycles. The van der Waals surface area contributed by atoms with E-state index in [1.807, 2.05) is 31.2 Å². The molecule has 26 heavy (non-hydrogen) atoms. The second-order valence-electron chi connectivity index (χ2n) is 7.14. The Bertz CT molecular complexity index is 799. The second kappa shape index (κ2) is 7.61. The molecule has 1 aromatic carbocycles. The van der Waals surface area contributed by atoms with Crippen molar-refractivity contribution in [2.75, 3.05) is 0 Å². The first kappa shape index (κ1) is 17.9. The highest BCUT2D eigenvalue weighted by Crippen LogP contribution is 2.39.